The zero-order chi connectivity index (χ0) is 12.8. The number of aromatic nitrogens is 1. The van der Waals surface area contributed by atoms with E-state index in [0.29, 0.717) is 6.04 Å². The van der Waals surface area contributed by atoms with Gasteiger partial charge in [0.05, 0.1) is 6.04 Å². The van der Waals surface area contributed by atoms with E-state index >= 15 is 0 Å². The van der Waals surface area contributed by atoms with E-state index in [0.717, 1.165) is 5.11 Å². The zero-order valence-electron chi connectivity index (χ0n) is 10.9. The predicted molar refractivity (Wildman–Crippen MR) is 78.4 cm³/mol. The minimum Gasteiger partial charge on any atom is -0.360 e. The second-order valence-electron chi connectivity index (χ2n) is 4.95. The fourth-order valence-electron chi connectivity index (χ4n) is 2.41. The molecule has 0 saturated heterocycles. The fraction of sp³-hybridized carbons (Fsp3) is 0.571. The topological polar surface area (TPSA) is 37.0 Å². The minimum atomic E-state index is 0.219. The van der Waals surface area contributed by atoms with Gasteiger partial charge in [0.1, 0.15) is 0 Å². The molecule has 1 atom stereocenters. The molecular weight excluding hydrogens is 242 g/mol. The maximum absolute atomic E-state index is 5.37. The van der Waals surface area contributed by atoms with Gasteiger partial charge in [-0.3, -0.25) is 4.98 Å². The van der Waals surface area contributed by atoms with Gasteiger partial charge >= 0.3 is 0 Å². The van der Waals surface area contributed by atoms with E-state index < -0.39 is 0 Å². The Balaban J connectivity index is 1.80. The summed E-state index contributed by atoms with van der Waals surface area (Å²) < 4.78 is 0. The lowest BCUT2D eigenvalue weighted by molar-refractivity contribution is 0.411. The molecule has 1 fully saturated rings. The quantitative estimate of drug-likeness (QED) is 0.822. The number of nitrogens with one attached hydrogen (secondary N) is 2. The predicted octanol–water partition coefficient (Wildman–Crippen LogP) is 2.94. The number of hydrogen-bond donors (Lipinski definition) is 2. The van der Waals surface area contributed by atoms with Crippen molar-refractivity contribution in [3.63, 3.8) is 0 Å². The maximum Gasteiger partial charge on any atom is 0.166 e. The van der Waals surface area contributed by atoms with Gasteiger partial charge in [-0.05, 0) is 49.7 Å². The Morgan fingerprint density at radius 1 is 1.28 bits per heavy atom. The van der Waals surface area contributed by atoms with Crippen molar-refractivity contribution < 1.29 is 0 Å². The SMILES string of the molecule is C[C@H](NC(=S)NC1CCCCC1)c1ccncc1. The summed E-state index contributed by atoms with van der Waals surface area (Å²) in [5, 5.41) is 7.53. The number of hydrogen-bond acceptors (Lipinski definition) is 2. The molecular formula is C14H21N3S. The van der Waals surface area contributed by atoms with E-state index in [1.165, 1.54) is 37.7 Å². The summed E-state index contributed by atoms with van der Waals surface area (Å²) in [5.41, 5.74) is 1.21. The van der Waals surface area contributed by atoms with Crippen LogP contribution in [0.2, 0.25) is 0 Å². The largest absolute Gasteiger partial charge is 0.360 e. The summed E-state index contributed by atoms with van der Waals surface area (Å²) in [6.45, 7) is 2.12. The lowest BCUT2D eigenvalue weighted by atomic mass is 9.96. The second kappa shape index (κ2) is 6.69. The van der Waals surface area contributed by atoms with E-state index in [2.05, 4.69) is 22.5 Å². The molecule has 0 amide bonds. The number of rotatable bonds is 3. The first-order valence-electron chi connectivity index (χ1n) is 6.72. The molecule has 2 N–H and O–H groups in total. The summed E-state index contributed by atoms with van der Waals surface area (Å²) >= 11 is 5.37. The first-order valence-corrected chi connectivity index (χ1v) is 7.13. The van der Waals surface area contributed by atoms with Gasteiger partial charge in [-0.25, -0.2) is 0 Å². The van der Waals surface area contributed by atoms with Gasteiger partial charge in [0, 0.05) is 18.4 Å². The molecule has 1 heterocycles. The van der Waals surface area contributed by atoms with Crippen molar-refractivity contribution in [2.45, 2.75) is 51.1 Å². The summed E-state index contributed by atoms with van der Waals surface area (Å²) in [4.78, 5) is 4.02. The van der Waals surface area contributed by atoms with Crippen LogP contribution in [0.5, 0.6) is 0 Å². The van der Waals surface area contributed by atoms with Crippen molar-refractivity contribution in [3.05, 3.63) is 30.1 Å². The molecule has 0 aliphatic heterocycles. The third-order valence-electron chi connectivity index (χ3n) is 3.49. The summed E-state index contributed by atoms with van der Waals surface area (Å²) in [5.74, 6) is 0. The average molecular weight is 263 g/mol. The van der Waals surface area contributed by atoms with E-state index in [-0.39, 0.29) is 6.04 Å². The van der Waals surface area contributed by atoms with Crippen LogP contribution < -0.4 is 10.6 Å². The molecule has 1 aliphatic rings. The van der Waals surface area contributed by atoms with Gasteiger partial charge in [-0.2, -0.15) is 0 Å². The van der Waals surface area contributed by atoms with Gasteiger partial charge in [0.2, 0.25) is 0 Å². The van der Waals surface area contributed by atoms with E-state index in [4.69, 9.17) is 12.2 Å². The second-order valence-corrected chi connectivity index (χ2v) is 5.36. The summed E-state index contributed by atoms with van der Waals surface area (Å²) in [6.07, 6.45) is 10.1. The van der Waals surface area contributed by atoms with Crippen molar-refractivity contribution in [3.8, 4) is 0 Å². The number of nitrogens with zero attached hydrogens (tertiary/aromatic N) is 1. The van der Waals surface area contributed by atoms with Crippen LogP contribution in [0.3, 0.4) is 0 Å². The fourth-order valence-corrected chi connectivity index (χ4v) is 2.75. The van der Waals surface area contributed by atoms with Gasteiger partial charge in [-0.15, -0.1) is 0 Å². The average Bonchev–Trinajstić information content (AvgIpc) is 2.40. The summed E-state index contributed by atoms with van der Waals surface area (Å²) in [7, 11) is 0. The van der Waals surface area contributed by atoms with Crippen LogP contribution in [0.1, 0.15) is 50.6 Å². The Kier molecular flexibility index (Phi) is 4.93. The first-order chi connectivity index (χ1) is 8.75. The highest BCUT2D eigenvalue weighted by molar-refractivity contribution is 7.80. The van der Waals surface area contributed by atoms with Crippen molar-refractivity contribution >= 4 is 17.3 Å². The lowest BCUT2D eigenvalue weighted by Crippen LogP contribution is -2.43. The van der Waals surface area contributed by atoms with Crippen LogP contribution in [-0.4, -0.2) is 16.1 Å². The Morgan fingerprint density at radius 3 is 2.61 bits per heavy atom. The maximum atomic E-state index is 5.37. The highest BCUT2D eigenvalue weighted by Gasteiger charge is 2.15. The molecule has 0 bridgehead atoms. The van der Waals surface area contributed by atoms with Gasteiger partial charge < -0.3 is 10.6 Å². The normalized spacial score (nSPS) is 18.1. The monoisotopic (exact) mass is 263 g/mol. The van der Waals surface area contributed by atoms with Crippen molar-refractivity contribution in [1.29, 1.82) is 0 Å². The molecule has 0 radical (unpaired) electrons. The molecule has 1 aromatic rings. The van der Waals surface area contributed by atoms with Crippen LogP contribution in [0, 0.1) is 0 Å². The van der Waals surface area contributed by atoms with Gasteiger partial charge in [0.25, 0.3) is 0 Å². The molecule has 1 saturated carbocycles. The third kappa shape index (κ3) is 3.95. The standard InChI is InChI=1S/C14H21N3S/c1-11(12-7-9-15-10-8-12)16-14(18)17-13-5-3-2-4-6-13/h7-11,13H,2-6H2,1H3,(H2,16,17,18)/t11-/m0/s1. The molecule has 1 aromatic heterocycles. The zero-order valence-corrected chi connectivity index (χ0v) is 11.7. The molecule has 0 spiro atoms. The summed E-state index contributed by atoms with van der Waals surface area (Å²) in [6, 6.07) is 4.81. The van der Waals surface area contributed by atoms with E-state index in [9.17, 15) is 0 Å². The van der Waals surface area contributed by atoms with Crippen molar-refractivity contribution in [1.82, 2.24) is 15.6 Å². The Hall–Kier alpha value is -1.16. The van der Waals surface area contributed by atoms with Crippen molar-refractivity contribution in [2.24, 2.45) is 0 Å². The molecule has 0 unspecified atom stereocenters. The molecule has 0 aromatic carbocycles. The van der Waals surface area contributed by atoms with Gasteiger partial charge in [0.15, 0.2) is 5.11 Å². The minimum absolute atomic E-state index is 0.219. The van der Waals surface area contributed by atoms with Crippen LogP contribution in [0.4, 0.5) is 0 Å². The molecule has 4 heteroatoms. The van der Waals surface area contributed by atoms with Crippen LogP contribution in [-0.2, 0) is 0 Å². The Bertz CT molecular complexity index is 374. The van der Waals surface area contributed by atoms with Gasteiger partial charge in [-0.1, -0.05) is 19.3 Å². The highest BCUT2D eigenvalue weighted by Crippen LogP contribution is 2.17. The molecule has 98 valence electrons. The highest BCUT2D eigenvalue weighted by atomic mass is 32.1. The van der Waals surface area contributed by atoms with Crippen LogP contribution >= 0.6 is 12.2 Å². The Morgan fingerprint density at radius 2 is 1.94 bits per heavy atom. The van der Waals surface area contributed by atoms with E-state index in [1.807, 2.05) is 24.5 Å². The van der Waals surface area contributed by atoms with Crippen LogP contribution in [0.15, 0.2) is 24.5 Å². The van der Waals surface area contributed by atoms with E-state index in [1.54, 1.807) is 0 Å². The molecule has 2 rings (SSSR count). The molecule has 1 aliphatic carbocycles. The van der Waals surface area contributed by atoms with Crippen molar-refractivity contribution in [2.75, 3.05) is 0 Å². The molecule has 18 heavy (non-hydrogen) atoms. The number of pyridine rings is 1. The number of thiocarbonyl (C=S) groups is 1. The molecule has 3 nitrogen and oxygen atoms in total. The third-order valence-corrected chi connectivity index (χ3v) is 3.73. The Labute approximate surface area is 114 Å². The lowest BCUT2D eigenvalue weighted by Gasteiger charge is -2.26. The smallest absolute Gasteiger partial charge is 0.166 e. The van der Waals surface area contributed by atoms with Crippen LogP contribution in [0.25, 0.3) is 0 Å². The first kappa shape index (κ1) is 13.3.